The van der Waals surface area contributed by atoms with E-state index >= 15 is 0 Å². The molecule has 0 bridgehead atoms. The predicted molar refractivity (Wildman–Crippen MR) is 61.4 cm³/mol. The highest BCUT2D eigenvalue weighted by Crippen LogP contribution is 2.20. The summed E-state index contributed by atoms with van der Waals surface area (Å²) in [5, 5.41) is 8.63. The molecule has 0 aliphatic heterocycles. The molecule has 1 rings (SSSR count). The average molecular weight is 310 g/mol. The number of methoxy groups -OCH3 is 1. The lowest BCUT2D eigenvalue weighted by atomic mass is 10.2. The molecule has 11 heteroatoms. The fourth-order valence-corrected chi connectivity index (χ4v) is 1.91. The second kappa shape index (κ2) is 5.69. The zero-order chi connectivity index (χ0) is 15.5. The molecule has 0 unspecified atom stereocenters. The molecule has 0 atom stereocenters. The van der Waals surface area contributed by atoms with Crippen molar-refractivity contribution < 1.29 is 36.6 Å². The smallest absolute Gasteiger partial charge is 0.422 e. The lowest BCUT2D eigenvalue weighted by Gasteiger charge is -2.10. The van der Waals surface area contributed by atoms with Gasteiger partial charge in [-0.25, -0.2) is 23.1 Å². The third kappa shape index (κ3) is 3.78. The van der Waals surface area contributed by atoms with Crippen LogP contribution in [0.4, 0.5) is 19.3 Å². The summed E-state index contributed by atoms with van der Waals surface area (Å²) in [7, 11) is -3.66. The van der Waals surface area contributed by atoms with E-state index in [-0.39, 0.29) is 6.07 Å². The average Bonchev–Trinajstić information content (AvgIpc) is 2.31. The largest absolute Gasteiger partial charge is 0.478 e. The molecule has 0 aliphatic carbocycles. The molecule has 20 heavy (non-hydrogen) atoms. The maximum atomic E-state index is 13.3. The number of carboxylic acids is 1. The van der Waals surface area contributed by atoms with Gasteiger partial charge in [0.15, 0.2) is 0 Å². The monoisotopic (exact) mass is 310 g/mol. The molecule has 0 heterocycles. The first-order valence-electron chi connectivity index (χ1n) is 4.77. The molecule has 0 radical (unpaired) electrons. The summed E-state index contributed by atoms with van der Waals surface area (Å²) in [6.07, 6.45) is -1.35. The Bertz CT molecular complexity index is 661. The summed E-state index contributed by atoms with van der Waals surface area (Å²) in [5.74, 6) is -4.45. The summed E-state index contributed by atoms with van der Waals surface area (Å²) in [5.41, 5.74) is -1.79. The van der Waals surface area contributed by atoms with Gasteiger partial charge < -0.3 is 9.84 Å². The van der Waals surface area contributed by atoms with Gasteiger partial charge in [-0.3, -0.25) is 4.72 Å². The number of hydrogen-bond donors (Lipinski definition) is 3. The lowest BCUT2D eigenvalue weighted by Crippen LogP contribution is -2.35. The molecule has 0 aliphatic rings. The van der Waals surface area contributed by atoms with E-state index in [1.54, 1.807) is 0 Å². The fourth-order valence-electron chi connectivity index (χ4n) is 1.11. The van der Waals surface area contributed by atoms with Crippen molar-refractivity contribution in [2.75, 3.05) is 11.8 Å². The van der Waals surface area contributed by atoms with Crippen LogP contribution in [0.1, 0.15) is 10.4 Å². The predicted octanol–water partition coefficient (Wildman–Crippen LogP) is 0.676. The van der Waals surface area contributed by atoms with Crippen LogP contribution in [0.15, 0.2) is 12.1 Å². The van der Waals surface area contributed by atoms with Crippen LogP contribution in [0.5, 0.6) is 0 Å². The maximum absolute atomic E-state index is 13.3. The maximum Gasteiger partial charge on any atom is 0.422 e. The van der Waals surface area contributed by atoms with Crippen molar-refractivity contribution in [3.05, 3.63) is 29.3 Å². The lowest BCUT2D eigenvalue weighted by molar-refractivity contribution is 0.0691. The molecular weight excluding hydrogens is 302 g/mol. The van der Waals surface area contributed by atoms with Crippen molar-refractivity contribution in [2.24, 2.45) is 0 Å². The normalized spacial score (nSPS) is 10.8. The Morgan fingerprint density at radius 1 is 1.25 bits per heavy atom. The molecule has 110 valence electrons. The molecular formula is C9H8F2N2O6S. The molecule has 1 aromatic rings. The Morgan fingerprint density at radius 3 is 2.35 bits per heavy atom. The van der Waals surface area contributed by atoms with Gasteiger partial charge in [-0.05, 0) is 6.07 Å². The minimum Gasteiger partial charge on any atom is -0.478 e. The molecule has 1 aromatic carbocycles. The van der Waals surface area contributed by atoms with Gasteiger partial charge in [-0.2, -0.15) is 8.42 Å². The minimum absolute atomic E-state index is 0.194. The topological polar surface area (TPSA) is 122 Å². The van der Waals surface area contributed by atoms with Gasteiger partial charge in [0.2, 0.25) is 0 Å². The zero-order valence-electron chi connectivity index (χ0n) is 9.81. The van der Waals surface area contributed by atoms with Crippen molar-refractivity contribution in [3.63, 3.8) is 0 Å². The molecule has 1 amide bonds. The number of halogens is 2. The Kier molecular flexibility index (Phi) is 4.45. The van der Waals surface area contributed by atoms with Gasteiger partial charge in [0.1, 0.15) is 11.6 Å². The van der Waals surface area contributed by atoms with Gasteiger partial charge in [0.05, 0.1) is 18.4 Å². The SMILES string of the molecule is COC(=O)NS(=O)(=O)Nc1cc(C(=O)O)c(F)cc1F. The highest BCUT2D eigenvalue weighted by atomic mass is 32.2. The van der Waals surface area contributed by atoms with Gasteiger partial charge in [-0.1, -0.05) is 0 Å². The van der Waals surface area contributed by atoms with Crippen LogP contribution in [-0.4, -0.2) is 32.7 Å². The Balaban J connectivity index is 3.12. The van der Waals surface area contributed by atoms with E-state index < -0.39 is 45.2 Å². The third-order valence-electron chi connectivity index (χ3n) is 1.93. The van der Waals surface area contributed by atoms with Crippen molar-refractivity contribution in [2.45, 2.75) is 0 Å². The standard InChI is InChI=1S/C9H8F2N2O6S/c1-19-9(16)13-20(17,18)12-7-2-4(8(14)15)5(10)3-6(7)11/h2-3,12H,1H3,(H,13,16)(H,14,15). The third-order valence-corrected chi connectivity index (χ3v) is 2.86. The first kappa shape index (κ1) is 15.6. The molecule has 8 nitrogen and oxygen atoms in total. The van der Waals surface area contributed by atoms with Crippen molar-refractivity contribution in [1.82, 2.24) is 4.72 Å². The number of amides is 1. The van der Waals surface area contributed by atoms with Gasteiger partial charge in [-0.15, -0.1) is 0 Å². The second-order valence-electron chi connectivity index (χ2n) is 3.32. The summed E-state index contributed by atoms with van der Waals surface area (Å²) in [6.45, 7) is 0. The number of nitrogens with one attached hydrogen (secondary N) is 2. The van der Waals surface area contributed by atoms with Crippen LogP contribution in [0.25, 0.3) is 0 Å². The van der Waals surface area contributed by atoms with Crippen LogP contribution >= 0.6 is 0 Å². The van der Waals surface area contributed by atoms with Crippen LogP contribution < -0.4 is 9.44 Å². The number of hydrogen-bond acceptors (Lipinski definition) is 5. The minimum atomic E-state index is -4.55. The summed E-state index contributed by atoms with van der Waals surface area (Å²) >= 11 is 0. The van der Waals surface area contributed by atoms with Gasteiger partial charge >= 0.3 is 22.3 Å². The molecule has 3 N–H and O–H groups in total. The number of rotatable bonds is 4. The number of carbonyl (C=O) groups is 2. The first-order valence-corrected chi connectivity index (χ1v) is 6.25. The number of ether oxygens (including phenoxy) is 1. The first-order chi connectivity index (χ1) is 9.16. The van der Waals surface area contributed by atoms with Gasteiger partial charge in [0, 0.05) is 6.07 Å². The Hall–Kier alpha value is -2.43. The quantitative estimate of drug-likeness (QED) is 0.751. The van der Waals surface area contributed by atoms with Crippen LogP contribution in [0.3, 0.4) is 0 Å². The number of carboxylic acid groups (broad SMARTS) is 1. The van der Waals surface area contributed by atoms with Gasteiger partial charge in [0.25, 0.3) is 0 Å². The Morgan fingerprint density at radius 2 is 1.85 bits per heavy atom. The molecule has 0 fully saturated rings. The second-order valence-corrected chi connectivity index (χ2v) is 4.73. The van der Waals surface area contributed by atoms with E-state index in [2.05, 4.69) is 4.74 Å². The van der Waals surface area contributed by atoms with Crippen LogP contribution in [0.2, 0.25) is 0 Å². The molecule has 0 aromatic heterocycles. The fraction of sp³-hybridized carbons (Fsp3) is 0.111. The van der Waals surface area contributed by atoms with E-state index in [4.69, 9.17) is 5.11 Å². The number of aromatic carboxylic acids is 1. The highest BCUT2D eigenvalue weighted by molar-refractivity contribution is 7.91. The number of benzene rings is 1. The van der Waals surface area contributed by atoms with E-state index in [0.29, 0.717) is 6.07 Å². The van der Waals surface area contributed by atoms with Crippen molar-refractivity contribution in [3.8, 4) is 0 Å². The van der Waals surface area contributed by atoms with E-state index in [1.165, 1.54) is 9.44 Å². The van der Waals surface area contributed by atoms with E-state index in [1.807, 2.05) is 0 Å². The Labute approximate surface area is 111 Å². The summed E-state index contributed by atoms with van der Waals surface area (Å²) in [6, 6.07) is 0.628. The molecule has 0 spiro atoms. The van der Waals surface area contributed by atoms with Crippen LogP contribution in [0, 0.1) is 11.6 Å². The van der Waals surface area contributed by atoms with Crippen molar-refractivity contribution in [1.29, 1.82) is 0 Å². The number of carbonyl (C=O) groups excluding carboxylic acids is 1. The van der Waals surface area contributed by atoms with Crippen LogP contribution in [-0.2, 0) is 14.9 Å². The van der Waals surface area contributed by atoms with Crippen molar-refractivity contribution >= 4 is 28.0 Å². The van der Waals surface area contributed by atoms with E-state index in [0.717, 1.165) is 7.11 Å². The molecule has 0 saturated carbocycles. The highest BCUT2D eigenvalue weighted by Gasteiger charge is 2.20. The summed E-state index contributed by atoms with van der Waals surface area (Å²) < 4.78 is 56.0. The van der Waals surface area contributed by atoms with E-state index in [9.17, 15) is 26.8 Å². The number of anilines is 1. The summed E-state index contributed by atoms with van der Waals surface area (Å²) in [4.78, 5) is 21.4. The molecule has 0 saturated heterocycles. The zero-order valence-corrected chi connectivity index (χ0v) is 10.6.